The topological polar surface area (TPSA) is 100 Å². The minimum absolute atomic E-state index is 0.178. The highest BCUT2D eigenvalue weighted by Crippen LogP contribution is 2.25. The average Bonchev–Trinajstić information content (AvgIpc) is 3.01. The maximum Gasteiger partial charge on any atom is 0.363 e. The summed E-state index contributed by atoms with van der Waals surface area (Å²) in [6.07, 6.45) is 1.60. The van der Waals surface area contributed by atoms with Gasteiger partial charge in [0.1, 0.15) is 11.5 Å². The van der Waals surface area contributed by atoms with Crippen molar-refractivity contribution >= 4 is 23.9 Å². The second-order valence-electron chi connectivity index (χ2n) is 5.36. The molecule has 26 heavy (non-hydrogen) atoms. The standard InChI is InChI=1S/C19H16N2O5/c1-24-16-5-3-2-4-14(16)18-21-15(19(23)26-18)10-12-6-8-13(9-7-12)25-11-17(20)22/h2-10H,11H2,1H3,(H2,20,22)/b15-10-. The Balaban J connectivity index is 1.81. The van der Waals surface area contributed by atoms with Gasteiger partial charge in [0.2, 0.25) is 5.90 Å². The van der Waals surface area contributed by atoms with Gasteiger partial charge in [0.05, 0.1) is 12.7 Å². The summed E-state index contributed by atoms with van der Waals surface area (Å²) in [6, 6.07) is 13.9. The fraction of sp³-hybridized carbons (Fsp3) is 0.105. The summed E-state index contributed by atoms with van der Waals surface area (Å²) in [4.78, 5) is 27.1. The van der Waals surface area contributed by atoms with Crippen LogP contribution < -0.4 is 15.2 Å². The first-order valence-electron chi connectivity index (χ1n) is 7.74. The van der Waals surface area contributed by atoms with Crippen molar-refractivity contribution in [3.05, 3.63) is 65.4 Å². The van der Waals surface area contributed by atoms with Gasteiger partial charge in [0.15, 0.2) is 12.3 Å². The maximum atomic E-state index is 12.1. The molecule has 7 heteroatoms. The Morgan fingerprint density at radius 1 is 1.19 bits per heavy atom. The second-order valence-corrected chi connectivity index (χ2v) is 5.36. The number of aliphatic imine (C=N–C) groups is 1. The Morgan fingerprint density at radius 2 is 1.92 bits per heavy atom. The van der Waals surface area contributed by atoms with E-state index in [1.165, 1.54) is 7.11 Å². The van der Waals surface area contributed by atoms with E-state index in [2.05, 4.69) is 4.99 Å². The van der Waals surface area contributed by atoms with E-state index in [1.807, 2.05) is 6.07 Å². The molecule has 0 aromatic heterocycles. The molecule has 132 valence electrons. The van der Waals surface area contributed by atoms with Crippen molar-refractivity contribution in [3.63, 3.8) is 0 Å². The summed E-state index contributed by atoms with van der Waals surface area (Å²) in [7, 11) is 1.54. The van der Waals surface area contributed by atoms with Crippen LogP contribution in [0.25, 0.3) is 6.08 Å². The van der Waals surface area contributed by atoms with Crippen molar-refractivity contribution in [3.8, 4) is 11.5 Å². The highest BCUT2D eigenvalue weighted by molar-refractivity contribution is 6.13. The van der Waals surface area contributed by atoms with E-state index in [0.717, 1.165) is 5.56 Å². The molecule has 1 aliphatic rings. The number of hydrogen-bond acceptors (Lipinski definition) is 6. The zero-order chi connectivity index (χ0) is 18.5. The van der Waals surface area contributed by atoms with Crippen molar-refractivity contribution in [2.24, 2.45) is 10.7 Å². The Kier molecular flexibility index (Phi) is 4.98. The highest BCUT2D eigenvalue weighted by atomic mass is 16.6. The van der Waals surface area contributed by atoms with Gasteiger partial charge in [0.25, 0.3) is 5.91 Å². The van der Waals surface area contributed by atoms with E-state index in [4.69, 9.17) is 19.9 Å². The number of nitrogens with two attached hydrogens (primary N) is 1. The number of cyclic esters (lactones) is 1. The molecule has 0 saturated carbocycles. The number of carbonyl (C=O) groups excluding carboxylic acids is 2. The van der Waals surface area contributed by atoms with Crippen LogP contribution in [-0.4, -0.2) is 31.5 Å². The number of rotatable bonds is 6. The van der Waals surface area contributed by atoms with Crippen LogP contribution in [0.15, 0.2) is 59.2 Å². The molecule has 1 heterocycles. The minimum atomic E-state index is -0.553. The smallest absolute Gasteiger partial charge is 0.363 e. The Bertz CT molecular complexity index is 900. The number of benzene rings is 2. The number of nitrogens with zero attached hydrogens (tertiary/aromatic N) is 1. The number of carbonyl (C=O) groups is 2. The summed E-state index contributed by atoms with van der Waals surface area (Å²) >= 11 is 0. The molecule has 0 atom stereocenters. The Hall–Kier alpha value is -3.61. The maximum absolute atomic E-state index is 12.1. The van der Waals surface area contributed by atoms with Gasteiger partial charge >= 0.3 is 5.97 Å². The predicted octanol–water partition coefficient (Wildman–Crippen LogP) is 1.90. The molecule has 2 aromatic carbocycles. The predicted molar refractivity (Wildman–Crippen MR) is 94.7 cm³/mol. The van der Waals surface area contributed by atoms with Crippen molar-refractivity contribution in [1.29, 1.82) is 0 Å². The van der Waals surface area contributed by atoms with Gasteiger partial charge in [-0.25, -0.2) is 9.79 Å². The minimum Gasteiger partial charge on any atom is -0.496 e. The molecule has 0 unspecified atom stereocenters. The molecule has 7 nitrogen and oxygen atoms in total. The number of amides is 1. The lowest BCUT2D eigenvalue weighted by Crippen LogP contribution is -2.19. The van der Waals surface area contributed by atoms with E-state index in [9.17, 15) is 9.59 Å². The van der Waals surface area contributed by atoms with Crippen LogP contribution in [0.5, 0.6) is 11.5 Å². The largest absolute Gasteiger partial charge is 0.496 e. The summed E-state index contributed by atoms with van der Waals surface area (Å²) in [5.41, 5.74) is 6.53. The first-order chi connectivity index (χ1) is 12.6. The molecule has 1 aliphatic heterocycles. The zero-order valence-corrected chi connectivity index (χ0v) is 14.0. The Morgan fingerprint density at radius 3 is 2.62 bits per heavy atom. The SMILES string of the molecule is COc1ccccc1C1=N/C(=C\c2ccc(OCC(N)=O)cc2)C(=O)O1. The van der Waals surface area contributed by atoms with Crippen LogP contribution in [0.2, 0.25) is 0 Å². The van der Waals surface area contributed by atoms with Crippen LogP contribution in [0.4, 0.5) is 0 Å². The van der Waals surface area contributed by atoms with E-state index >= 15 is 0 Å². The summed E-state index contributed by atoms with van der Waals surface area (Å²) in [5.74, 6) is 0.164. The van der Waals surface area contributed by atoms with Gasteiger partial charge in [-0.1, -0.05) is 24.3 Å². The van der Waals surface area contributed by atoms with E-state index in [-0.39, 0.29) is 18.2 Å². The van der Waals surface area contributed by atoms with Gasteiger partial charge in [0, 0.05) is 0 Å². The third-order valence-electron chi connectivity index (χ3n) is 3.52. The van der Waals surface area contributed by atoms with Crippen LogP contribution in [0.1, 0.15) is 11.1 Å². The van der Waals surface area contributed by atoms with Crippen LogP contribution in [-0.2, 0) is 14.3 Å². The lowest BCUT2D eigenvalue weighted by atomic mass is 10.2. The molecule has 0 fully saturated rings. The number of ether oxygens (including phenoxy) is 3. The van der Waals surface area contributed by atoms with E-state index in [1.54, 1.807) is 48.5 Å². The average molecular weight is 352 g/mol. The first kappa shape index (κ1) is 17.2. The monoisotopic (exact) mass is 352 g/mol. The molecule has 1 amide bonds. The van der Waals surface area contributed by atoms with Crippen LogP contribution in [0.3, 0.4) is 0 Å². The quantitative estimate of drug-likeness (QED) is 0.632. The lowest BCUT2D eigenvalue weighted by molar-refractivity contribution is -0.130. The fourth-order valence-corrected chi connectivity index (χ4v) is 2.32. The Labute approximate surface area is 149 Å². The number of methoxy groups -OCH3 is 1. The first-order valence-corrected chi connectivity index (χ1v) is 7.74. The van der Waals surface area contributed by atoms with Crippen molar-refractivity contribution < 1.29 is 23.8 Å². The molecule has 0 saturated heterocycles. The lowest BCUT2D eigenvalue weighted by Gasteiger charge is -2.05. The fourth-order valence-electron chi connectivity index (χ4n) is 2.32. The molecule has 0 radical (unpaired) electrons. The molecule has 0 spiro atoms. The van der Waals surface area contributed by atoms with Crippen molar-refractivity contribution in [2.45, 2.75) is 0 Å². The highest BCUT2D eigenvalue weighted by Gasteiger charge is 2.26. The summed E-state index contributed by atoms with van der Waals surface area (Å²) < 4.78 is 15.7. The van der Waals surface area contributed by atoms with E-state index in [0.29, 0.717) is 17.1 Å². The van der Waals surface area contributed by atoms with Crippen LogP contribution in [0, 0.1) is 0 Å². The van der Waals surface area contributed by atoms with Gasteiger partial charge in [-0.05, 0) is 35.9 Å². The van der Waals surface area contributed by atoms with Gasteiger partial charge in [-0.2, -0.15) is 0 Å². The third kappa shape index (κ3) is 3.89. The third-order valence-corrected chi connectivity index (χ3v) is 3.52. The molecular formula is C19H16N2O5. The molecule has 0 aliphatic carbocycles. The van der Waals surface area contributed by atoms with Gasteiger partial charge in [-0.15, -0.1) is 0 Å². The molecule has 2 aromatic rings. The van der Waals surface area contributed by atoms with E-state index < -0.39 is 11.9 Å². The number of hydrogen-bond donors (Lipinski definition) is 1. The molecule has 3 rings (SSSR count). The zero-order valence-electron chi connectivity index (χ0n) is 14.0. The number of esters is 1. The number of para-hydroxylation sites is 1. The normalized spacial score (nSPS) is 14.7. The van der Waals surface area contributed by atoms with Gasteiger partial charge < -0.3 is 19.9 Å². The molecular weight excluding hydrogens is 336 g/mol. The summed E-state index contributed by atoms with van der Waals surface area (Å²) in [6.45, 7) is -0.195. The van der Waals surface area contributed by atoms with Crippen LogP contribution >= 0.6 is 0 Å². The van der Waals surface area contributed by atoms with Crippen molar-refractivity contribution in [1.82, 2.24) is 0 Å². The van der Waals surface area contributed by atoms with Crippen molar-refractivity contribution in [2.75, 3.05) is 13.7 Å². The summed E-state index contributed by atoms with van der Waals surface area (Å²) in [5, 5.41) is 0. The number of primary amides is 1. The molecule has 0 bridgehead atoms. The molecule has 2 N–H and O–H groups in total. The second kappa shape index (κ2) is 7.52. The van der Waals surface area contributed by atoms with Gasteiger partial charge in [-0.3, -0.25) is 4.79 Å².